The minimum Gasteiger partial charge on any atom is -0.633 e. The van der Waals surface area contributed by atoms with Crippen molar-refractivity contribution in [1.82, 2.24) is 15.0 Å². The molecule has 5 rings (SSSR count). The number of hydrogen-bond acceptors (Lipinski definition) is 6. The number of hydroxylamine groups is 3. The van der Waals surface area contributed by atoms with Crippen molar-refractivity contribution >= 4 is 20.9 Å². The van der Waals surface area contributed by atoms with E-state index >= 15 is 0 Å². The van der Waals surface area contributed by atoms with Crippen LogP contribution >= 0.6 is 0 Å². The lowest BCUT2D eigenvalue weighted by Crippen LogP contribution is -2.45. The summed E-state index contributed by atoms with van der Waals surface area (Å²) in [6.07, 6.45) is 5.81. The number of sulfone groups is 1. The van der Waals surface area contributed by atoms with Crippen LogP contribution in [0.4, 0.5) is 0 Å². The number of quaternary nitrogens is 1. The van der Waals surface area contributed by atoms with Gasteiger partial charge in [-0.25, -0.2) is 13.4 Å². The van der Waals surface area contributed by atoms with Gasteiger partial charge < -0.3 is 19.6 Å². The molecule has 1 saturated heterocycles. The van der Waals surface area contributed by atoms with Crippen LogP contribution in [0.5, 0.6) is 11.5 Å². The summed E-state index contributed by atoms with van der Waals surface area (Å²) in [4.78, 5) is 12.6. The average molecular weight is 479 g/mol. The van der Waals surface area contributed by atoms with Crippen LogP contribution in [0.2, 0.25) is 0 Å². The summed E-state index contributed by atoms with van der Waals surface area (Å²) < 4.78 is 29.5. The molecule has 1 aliphatic rings. The Morgan fingerprint density at radius 2 is 1.82 bits per heavy atom. The zero-order valence-corrected chi connectivity index (χ0v) is 19.7. The van der Waals surface area contributed by atoms with Crippen molar-refractivity contribution < 1.29 is 17.8 Å². The number of pyridine rings is 1. The number of hydrogen-bond donors (Lipinski definition) is 1. The SMILES string of the molecule is CS(=O)(=O)c1ccc(Oc2cc3nc(-c4ccccn4)[nH]c3cc2C[N+]2([O-])CCCCC2)cc1. The first kappa shape index (κ1) is 22.5. The number of piperidine rings is 1. The highest BCUT2D eigenvalue weighted by Gasteiger charge is 2.24. The van der Waals surface area contributed by atoms with E-state index in [1.165, 1.54) is 18.4 Å². The summed E-state index contributed by atoms with van der Waals surface area (Å²) in [7, 11) is -3.30. The fraction of sp³-hybridized carbons (Fsp3) is 0.280. The second-order valence-corrected chi connectivity index (χ2v) is 10.9. The molecule has 176 valence electrons. The lowest BCUT2D eigenvalue weighted by Gasteiger charge is -2.45. The molecule has 0 aliphatic carbocycles. The lowest BCUT2D eigenvalue weighted by atomic mass is 10.1. The molecule has 0 spiro atoms. The summed E-state index contributed by atoms with van der Waals surface area (Å²) in [5.74, 6) is 1.67. The monoisotopic (exact) mass is 478 g/mol. The minimum absolute atomic E-state index is 0.222. The highest BCUT2D eigenvalue weighted by molar-refractivity contribution is 7.90. The summed E-state index contributed by atoms with van der Waals surface area (Å²) >= 11 is 0. The second kappa shape index (κ2) is 8.83. The summed E-state index contributed by atoms with van der Waals surface area (Å²) in [6.45, 7) is 1.47. The van der Waals surface area contributed by atoms with Crippen LogP contribution in [0.25, 0.3) is 22.6 Å². The second-order valence-electron chi connectivity index (χ2n) is 8.85. The molecule has 0 amide bonds. The zero-order chi connectivity index (χ0) is 23.8. The third-order valence-electron chi connectivity index (χ3n) is 6.14. The lowest BCUT2D eigenvalue weighted by molar-refractivity contribution is -0.898. The van der Waals surface area contributed by atoms with Gasteiger partial charge in [0.1, 0.15) is 23.7 Å². The van der Waals surface area contributed by atoms with Crippen molar-refractivity contribution in [3.05, 3.63) is 71.6 Å². The van der Waals surface area contributed by atoms with Gasteiger partial charge in [-0.05, 0) is 61.7 Å². The van der Waals surface area contributed by atoms with E-state index in [1.54, 1.807) is 18.3 Å². The van der Waals surface area contributed by atoms with Crippen molar-refractivity contribution in [2.24, 2.45) is 0 Å². The third kappa shape index (κ3) is 4.82. The molecule has 1 N–H and O–H groups in total. The summed E-state index contributed by atoms with van der Waals surface area (Å²) in [5, 5.41) is 13.4. The number of benzene rings is 2. The van der Waals surface area contributed by atoms with Crippen LogP contribution in [0.1, 0.15) is 24.8 Å². The summed E-state index contributed by atoms with van der Waals surface area (Å²) in [6, 6.07) is 15.7. The van der Waals surface area contributed by atoms with Crippen LogP contribution in [0.3, 0.4) is 0 Å². The maximum atomic E-state index is 13.4. The van der Waals surface area contributed by atoms with Crippen LogP contribution in [-0.4, -0.2) is 47.4 Å². The van der Waals surface area contributed by atoms with E-state index in [0.29, 0.717) is 42.5 Å². The quantitative estimate of drug-likeness (QED) is 0.314. The number of nitrogens with one attached hydrogen (secondary N) is 1. The molecule has 0 saturated carbocycles. The van der Waals surface area contributed by atoms with Gasteiger partial charge in [-0.1, -0.05) is 6.07 Å². The van der Waals surface area contributed by atoms with E-state index < -0.39 is 9.84 Å². The Hall–Kier alpha value is -3.27. The minimum atomic E-state index is -3.30. The third-order valence-corrected chi connectivity index (χ3v) is 7.27. The van der Waals surface area contributed by atoms with Crippen LogP contribution < -0.4 is 4.74 Å². The van der Waals surface area contributed by atoms with Gasteiger partial charge in [-0.15, -0.1) is 0 Å². The van der Waals surface area contributed by atoms with E-state index in [4.69, 9.17) is 4.74 Å². The molecule has 4 aromatic rings. The molecule has 0 radical (unpaired) electrons. The number of H-pyrrole nitrogens is 1. The summed E-state index contributed by atoms with van der Waals surface area (Å²) in [5.41, 5.74) is 3.01. The van der Waals surface area contributed by atoms with Crippen LogP contribution in [0.15, 0.2) is 65.7 Å². The Bertz CT molecular complexity index is 1410. The van der Waals surface area contributed by atoms with Gasteiger partial charge >= 0.3 is 0 Å². The molecule has 1 fully saturated rings. The molecule has 9 heteroatoms. The van der Waals surface area contributed by atoms with E-state index in [9.17, 15) is 13.6 Å². The Kier molecular flexibility index (Phi) is 5.85. The van der Waals surface area contributed by atoms with E-state index in [-0.39, 0.29) is 9.54 Å². The number of aromatic nitrogens is 3. The molecule has 8 nitrogen and oxygen atoms in total. The highest BCUT2D eigenvalue weighted by atomic mass is 32.2. The maximum Gasteiger partial charge on any atom is 0.175 e. The number of rotatable bonds is 6. The fourth-order valence-corrected chi connectivity index (χ4v) is 4.99. The number of likely N-dealkylation sites (tertiary alicyclic amines) is 1. The highest BCUT2D eigenvalue weighted by Crippen LogP contribution is 2.34. The molecule has 0 unspecified atom stereocenters. The van der Waals surface area contributed by atoms with Gasteiger partial charge in [-0.3, -0.25) is 4.98 Å². The number of ether oxygens (including phenoxy) is 1. The fourth-order valence-electron chi connectivity index (χ4n) is 4.36. The Morgan fingerprint density at radius 1 is 1.06 bits per heavy atom. The van der Waals surface area contributed by atoms with Crippen molar-refractivity contribution in [2.75, 3.05) is 19.3 Å². The van der Waals surface area contributed by atoms with E-state index in [2.05, 4.69) is 15.0 Å². The predicted molar refractivity (Wildman–Crippen MR) is 130 cm³/mol. The molecule has 0 atom stereocenters. The van der Waals surface area contributed by atoms with Gasteiger partial charge in [0.05, 0.1) is 34.6 Å². The van der Waals surface area contributed by atoms with Crippen LogP contribution in [0, 0.1) is 5.21 Å². The maximum absolute atomic E-state index is 13.4. The molecule has 1 aliphatic heterocycles. The molecule has 2 aromatic heterocycles. The Labute approximate surface area is 198 Å². The van der Waals surface area contributed by atoms with E-state index in [0.717, 1.165) is 36.0 Å². The van der Waals surface area contributed by atoms with Gasteiger partial charge in [0.15, 0.2) is 15.7 Å². The van der Waals surface area contributed by atoms with Crippen molar-refractivity contribution in [3.63, 3.8) is 0 Å². The first-order valence-electron chi connectivity index (χ1n) is 11.3. The van der Waals surface area contributed by atoms with Gasteiger partial charge in [0, 0.05) is 18.5 Å². The average Bonchev–Trinajstić information content (AvgIpc) is 3.23. The largest absolute Gasteiger partial charge is 0.633 e. The Morgan fingerprint density at radius 3 is 2.50 bits per heavy atom. The number of aromatic amines is 1. The standard InChI is InChI=1S/C25H26N4O4S/c1-34(31,32)20-10-8-19(9-11-20)33-24-16-23-22(27-25(28-23)21-7-3-4-12-26-21)15-18(24)17-29(30)13-5-2-6-14-29/h3-4,7-12,15-16H,2,5-6,13-14,17H2,1H3,(H,27,28). The molecular formula is C25H26N4O4S. The number of fused-ring (bicyclic) bond motifs is 1. The normalized spacial score (nSPS) is 15.9. The van der Waals surface area contributed by atoms with Gasteiger partial charge in [0.25, 0.3) is 0 Å². The van der Waals surface area contributed by atoms with Crippen molar-refractivity contribution in [1.29, 1.82) is 0 Å². The molecular weight excluding hydrogens is 452 g/mol. The molecule has 3 heterocycles. The van der Waals surface area contributed by atoms with Gasteiger partial charge in [-0.2, -0.15) is 0 Å². The van der Waals surface area contributed by atoms with E-state index in [1.807, 2.05) is 30.3 Å². The molecule has 2 aromatic carbocycles. The van der Waals surface area contributed by atoms with Crippen molar-refractivity contribution in [3.8, 4) is 23.0 Å². The predicted octanol–water partition coefficient (Wildman–Crippen LogP) is 4.82. The first-order chi connectivity index (χ1) is 16.3. The van der Waals surface area contributed by atoms with Gasteiger partial charge in [0.2, 0.25) is 0 Å². The smallest absolute Gasteiger partial charge is 0.175 e. The zero-order valence-electron chi connectivity index (χ0n) is 18.9. The first-order valence-corrected chi connectivity index (χ1v) is 13.2. The topological polar surface area (TPSA) is 108 Å². The van der Waals surface area contributed by atoms with Crippen molar-refractivity contribution in [2.45, 2.75) is 30.7 Å². The van der Waals surface area contributed by atoms with Crippen LogP contribution in [-0.2, 0) is 16.4 Å². The number of nitrogens with zero attached hydrogens (tertiary/aromatic N) is 3. The molecule has 0 bridgehead atoms. The number of imidazole rings is 1. The molecule has 34 heavy (non-hydrogen) atoms. The Balaban J connectivity index is 1.54.